The van der Waals surface area contributed by atoms with E-state index in [1.54, 1.807) is 6.92 Å². The van der Waals surface area contributed by atoms with Crippen molar-refractivity contribution < 1.29 is 14.1 Å². The number of benzene rings is 1. The molecule has 22 heavy (non-hydrogen) atoms. The van der Waals surface area contributed by atoms with Gasteiger partial charge in [-0.25, -0.2) is 0 Å². The van der Waals surface area contributed by atoms with Crippen molar-refractivity contribution in [1.82, 2.24) is 15.1 Å². The van der Waals surface area contributed by atoms with Gasteiger partial charge in [0.1, 0.15) is 0 Å². The number of ether oxygens (including phenoxy) is 1. The number of hydrogen-bond donors (Lipinski definition) is 1. The van der Waals surface area contributed by atoms with Crippen LogP contribution >= 0.6 is 0 Å². The number of carbonyl (C=O) groups is 1. The number of aromatic amines is 1. The molecule has 0 radical (unpaired) electrons. The van der Waals surface area contributed by atoms with Gasteiger partial charge in [-0.3, -0.25) is 4.79 Å². The lowest BCUT2D eigenvalue weighted by Gasteiger charge is -2.02. The number of nitrogens with zero attached hydrogens (tertiary/aromatic N) is 2. The van der Waals surface area contributed by atoms with Crippen molar-refractivity contribution in [3.63, 3.8) is 0 Å². The Morgan fingerprint density at radius 1 is 1.36 bits per heavy atom. The molecule has 0 spiro atoms. The number of aromatic nitrogens is 3. The van der Waals surface area contributed by atoms with Crippen molar-refractivity contribution in [2.75, 3.05) is 0 Å². The molecule has 2 heterocycles. The summed E-state index contributed by atoms with van der Waals surface area (Å²) in [5, 5.41) is 4.84. The molecule has 0 unspecified atom stereocenters. The van der Waals surface area contributed by atoms with Crippen LogP contribution in [0.3, 0.4) is 0 Å². The summed E-state index contributed by atoms with van der Waals surface area (Å²) in [5.41, 5.74) is 2.34. The van der Waals surface area contributed by atoms with Crippen LogP contribution in [0.4, 0.5) is 0 Å². The molecule has 1 aromatic carbocycles. The maximum atomic E-state index is 11.7. The van der Waals surface area contributed by atoms with Crippen LogP contribution in [-0.4, -0.2) is 21.1 Å². The third-order valence-corrected chi connectivity index (χ3v) is 3.43. The summed E-state index contributed by atoms with van der Waals surface area (Å²) in [6, 6.07) is 8.14. The van der Waals surface area contributed by atoms with Crippen molar-refractivity contribution in [2.24, 2.45) is 0 Å². The first-order valence-electron chi connectivity index (χ1n) is 7.22. The molecular formula is C16H17N3O3. The molecule has 1 N–H and O–H groups in total. The second-order valence-electron chi connectivity index (χ2n) is 5.11. The molecule has 2 aromatic heterocycles. The van der Waals surface area contributed by atoms with E-state index in [4.69, 9.17) is 9.26 Å². The number of H-pyrrole nitrogens is 1. The van der Waals surface area contributed by atoms with Crippen LogP contribution in [0.1, 0.15) is 30.1 Å². The van der Waals surface area contributed by atoms with E-state index in [0.717, 1.165) is 18.4 Å². The minimum atomic E-state index is -0.254. The molecule has 0 aliphatic carbocycles. The normalized spacial score (nSPS) is 11.0. The van der Waals surface area contributed by atoms with Crippen LogP contribution < -0.4 is 0 Å². The Hall–Kier alpha value is -2.63. The fourth-order valence-electron chi connectivity index (χ4n) is 2.37. The Morgan fingerprint density at radius 2 is 2.23 bits per heavy atom. The van der Waals surface area contributed by atoms with Gasteiger partial charge in [-0.15, -0.1) is 0 Å². The minimum Gasteiger partial charge on any atom is -0.456 e. The summed E-state index contributed by atoms with van der Waals surface area (Å²) in [5.74, 6) is 0.601. The topological polar surface area (TPSA) is 81.0 Å². The van der Waals surface area contributed by atoms with Crippen molar-refractivity contribution in [3.8, 4) is 0 Å². The maximum Gasteiger partial charge on any atom is 0.306 e. The Kier molecular flexibility index (Phi) is 4.18. The molecular weight excluding hydrogens is 282 g/mol. The molecule has 3 aromatic rings. The van der Waals surface area contributed by atoms with E-state index >= 15 is 0 Å². The molecule has 0 saturated heterocycles. The van der Waals surface area contributed by atoms with Crippen molar-refractivity contribution in [1.29, 1.82) is 0 Å². The SMILES string of the molecule is Cc1noc(COC(=O)CCCc2c[nH]c3ccccc23)n1. The highest BCUT2D eigenvalue weighted by molar-refractivity contribution is 5.83. The largest absolute Gasteiger partial charge is 0.456 e. The average Bonchev–Trinajstić information content (AvgIpc) is 3.12. The highest BCUT2D eigenvalue weighted by Gasteiger charge is 2.09. The number of para-hydroxylation sites is 1. The smallest absolute Gasteiger partial charge is 0.306 e. The second-order valence-corrected chi connectivity index (χ2v) is 5.11. The maximum absolute atomic E-state index is 11.7. The van der Waals surface area contributed by atoms with E-state index in [1.165, 1.54) is 10.9 Å². The monoisotopic (exact) mass is 299 g/mol. The van der Waals surface area contributed by atoms with E-state index in [1.807, 2.05) is 24.4 Å². The van der Waals surface area contributed by atoms with Crippen LogP contribution in [0.25, 0.3) is 10.9 Å². The lowest BCUT2D eigenvalue weighted by atomic mass is 10.1. The van der Waals surface area contributed by atoms with Gasteiger partial charge < -0.3 is 14.2 Å². The zero-order valence-electron chi connectivity index (χ0n) is 12.3. The standard InChI is InChI=1S/C16H17N3O3/c1-11-18-15(22-19-11)10-21-16(20)8-4-5-12-9-17-14-7-3-2-6-13(12)14/h2-3,6-7,9,17H,4-5,8,10H2,1H3. The molecule has 3 rings (SSSR count). The van der Waals surface area contributed by atoms with Gasteiger partial charge in [0.05, 0.1) is 0 Å². The van der Waals surface area contributed by atoms with Gasteiger partial charge in [0, 0.05) is 23.5 Å². The van der Waals surface area contributed by atoms with Gasteiger partial charge >= 0.3 is 5.97 Å². The van der Waals surface area contributed by atoms with Crippen molar-refractivity contribution in [3.05, 3.63) is 47.7 Å². The summed E-state index contributed by atoms with van der Waals surface area (Å²) >= 11 is 0. The van der Waals surface area contributed by atoms with Gasteiger partial charge in [-0.1, -0.05) is 23.4 Å². The Balaban J connectivity index is 1.45. The van der Waals surface area contributed by atoms with Crippen LogP contribution in [0, 0.1) is 6.92 Å². The molecule has 0 bridgehead atoms. The molecule has 0 fully saturated rings. The first kappa shape index (κ1) is 14.3. The van der Waals surface area contributed by atoms with Crippen LogP contribution in [0.2, 0.25) is 0 Å². The Labute approximate surface area is 127 Å². The molecule has 6 heteroatoms. The fraction of sp³-hybridized carbons (Fsp3) is 0.312. The van der Waals surface area contributed by atoms with Gasteiger partial charge in [0.2, 0.25) is 0 Å². The third-order valence-electron chi connectivity index (χ3n) is 3.43. The first-order valence-corrected chi connectivity index (χ1v) is 7.22. The van der Waals surface area contributed by atoms with Crippen LogP contribution in [-0.2, 0) is 22.6 Å². The number of carbonyl (C=O) groups excluding carboxylic acids is 1. The first-order chi connectivity index (χ1) is 10.7. The number of fused-ring (bicyclic) bond motifs is 1. The lowest BCUT2D eigenvalue weighted by Crippen LogP contribution is -2.05. The van der Waals surface area contributed by atoms with Crippen molar-refractivity contribution >= 4 is 16.9 Å². The highest BCUT2D eigenvalue weighted by Crippen LogP contribution is 2.19. The van der Waals surface area contributed by atoms with E-state index in [2.05, 4.69) is 21.2 Å². The summed E-state index contributed by atoms with van der Waals surface area (Å²) < 4.78 is 9.99. The van der Waals surface area contributed by atoms with Gasteiger partial charge in [-0.05, 0) is 31.4 Å². The zero-order valence-corrected chi connectivity index (χ0v) is 12.3. The van der Waals surface area contributed by atoms with Gasteiger partial charge in [0.25, 0.3) is 5.89 Å². The number of nitrogens with one attached hydrogen (secondary N) is 1. The summed E-state index contributed by atoms with van der Waals surface area (Å²) in [4.78, 5) is 18.9. The molecule has 0 atom stereocenters. The van der Waals surface area contributed by atoms with Gasteiger partial charge in [0.15, 0.2) is 12.4 Å². The summed E-state index contributed by atoms with van der Waals surface area (Å²) in [6.45, 7) is 1.75. The number of hydrogen-bond acceptors (Lipinski definition) is 5. The van der Waals surface area contributed by atoms with Crippen LogP contribution in [0.15, 0.2) is 35.0 Å². The molecule has 0 aliphatic rings. The zero-order chi connectivity index (χ0) is 15.4. The van der Waals surface area contributed by atoms with Gasteiger partial charge in [-0.2, -0.15) is 4.98 Å². The van der Waals surface area contributed by atoms with E-state index < -0.39 is 0 Å². The van der Waals surface area contributed by atoms with Crippen molar-refractivity contribution in [2.45, 2.75) is 32.8 Å². The number of esters is 1. The summed E-state index contributed by atoms with van der Waals surface area (Å²) in [7, 11) is 0. The molecule has 6 nitrogen and oxygen atoms in total. The van der Waals surface area contributed by atoms with E-state index in [9.17, 15) is 4.79 Å². The van der Waals surface area contributed by atoms with E-state index in [0.29, 0.717) is 18.1 Å². The molecule has 114 valence electrons. The average molecular weight is 299 g/mol. The minimum absolute atomic E-state index is 0.0345. The van der Waals surface area contributed by atoms with Crippen LogP contribution in [0.5, 0.6) is 0 Å². The predicted octanol–water partition coefficient (Wildman–Crippen LogP) is 2.93. The number of rotatable bonds is 6. The lowest BCUT2D eigenvalue weighted by molar-refractivity contribution is -0.145. The highest BCUT2D eigenvalue weighted by atomic mass is 16.6. The second kappa shape index (κ2) is 6.43. The third kappa shape index (κ3) is 3.33. The number of aryl methyl sites for hydroxylation is 2. The molecule has 0 aliphatic heterocycles. The molecule has 0 amide bonds. The predicted molar refractivity (Wildman–Crippen MR) is 80.1 cm³/mol. The Morgan fingerprint density at radius 3 is 3.05 bits per heavy atom. The Bertz CT molecular complexity index is 776. The fourth-order valence-corrected chi connectivity index (χ4v) is 2.37. The summed E-state index contributed by atoms with van der Waals surface area (Å²) in [6.07, 6.45) is 3.94. The quantitative estimate of drug-likeness (QED) is 0.708. The van der Waals surface area contributed by atoms with E-state index in [-0.39, 0.29) is 12.6 Å². The molecule has 0 saturated carbocycles.